The Labute approximate surface area is 156 Å². The number of aromatic amines is 1. The van der Waals surface area contributed by atoms with Gasteiger partial charge in [0.05, 0.1) is 28.2 Å². The molecule has 1 aromatic heterocycles. The van der Waals surface area contributed by atoms with Crippen LogP contribution in [0.4, 0.5) is 0 Å². The molecule has 0 aliphatic rings. The molecule has 0 aliphatic heterocycles. The summed E-state index contributed by atoms with van der Waals surface area (Å²) in [5, 5.41) is 5.70. The Balaban J connectivity index is 1.37. The second-order valence-corrected chi connectivity index (χ2v) is 6.22. The maximum absolute atomic E-state index is 12.0. The van der Waals surface area contributed by atoms with Crippen molar-refractivity contribution in [3.63, 3.8) is 0 Å². The number of H-pyrrole nitrogens is 1. The fourth-order valence-corrected chi connectivity index (χ4v) is 2.79. The minimum absolute atomic E-state index is 0.0886. The van der Waals surface area contributed by atoms with Crippen LogP contribution in [-0.2, 0) is 11.2 Å². The van der Waals surface area contributed by atoms with Crippen molar-refractivity contribution in [2.24, 2.45) is 0 Å². The lowest BCUT2D eigenvalue weighted by Crippen LogP contribution is -2.37. The van der Waals surface area contributed by atoms with Gasteiger partial charge in [-0.1, -0.05) is 35.9 Å². The van der Waals surface area contributed by atoms with Crippen molar-refractivity contribution in [1.29, 1.82) is 0 Å². The van der Waals surface area contributed by atoms with Crippen molar-refractivity contribution in [3.8, 4) is 0 Å². The molecule has 0 fully saturated rings. The van der Waals surface area contributed by atoms with E-state index in [-0.39, 0.29) is 18.4 Å². The van der Waals surface area contributed by atoms with Crippen LogP contribution in [0.15, 0.2) is 48.5 Å². The molecule has 0 unspecified atom stereocenters. The summed E-state index contributed by atoms with van der Waals surface area (Å²) in [6, 6.07) is 14.6. The fraction of sp³-hybridized carbons (Fsp3) is 0.211. The van der Waals surface area contributed by atoms with Crippen LogP contribution in [0.25, 0.3) is 11.0 Å². The van der Waals surface area contributed by atoms with Crippen LogP contribution in [0.1, 0.15) is 22.6 Å². The topological polar surface area (TPSA) is 86.9 Å². The molecule has 26 heavy (non-hydrogen) atoms. The molecular formula is C19H19ClN4O2. The van der Waals surface area contributed by atoms with E-state index in [1.807, 2.05) is 24.3 Å². The monoisotopic (exact) mass is 370 g/mol. The number of para-hydroxylation sites is 2. The van der Waals surface area contributed by atoms with E-state index in [1.54, 1.807) is 24.3 Å². The lowest BCUT2D eigenvalue weighted by atomic mass is 10.2. The quantitative estimate of drug-likeness (QED) is 0.559. The molecule has 0 saturated heterocycles. The Kier molecular flexibility index (Phi) is 5.86. The maximum Gasteiger partial charge on any atom is 0.253 e. The molecule has 7 heteroatoms. The molecule has 3 rings (SSSR count). The molecular weight excluding hydrogens is 352 g/mol. The zero-order valence-corrected chi connectivity index (χ0v) is 14.8. The van der Waals surface area contributed by atoms with E-state index < -0.39 is 0 Å². The highest BCUT2D eigenvalue weighted by atomic mass is 35.5. The third-order valence-corrected chi connectivity index (χ3v) is 4.21. The van der Waals surface area contributed by atoms with Gasteiger partial charge in [-0.15, -0.1) is 0 Å². The number of imidazole rings is 1. The minimum Gasteiger partial charge on any atom is -0.355 e. The Hall–Kier alpha value is -2.86. The predicted molar refractivity (Wildman–Crippen MR) is 101 cm³/mol. The Morgan fingerprint density at radius 2 is 1.81 bits per heavy atom. The Morgan fingerprint density at radius 3 is 2.62 bits per heavy atom. The molecule has 1 heterocycles. The summed E-state index contributed by atoms with van der Waals surface area (Å²) in [6.07, 6.45) is 1.49. The van der Waals surface area contributed by atoms with Gasteiger partial charge >= 0.3 is 0 Å². The van der Waals surface area contributed by atoms with Gasteiger partial charge in [-0.25, -0.2) is 4.98 Å². The molecule has 0 aliphatic carbocycles. The third-order valence-electron chi connectivity index (χ3n) is 3.88. The van der Waals surface area contributed by atoms with Gasteiger partial charge in [0.1, 0.15) is 5.82 Å². The first kappa shape index (κ1) is 17.9. The number of carbonyl (C=O) groups excluding carboxylic acids is 2. The summed E-state index contributed by atoms with van der Waals surface area (Å²) >= 11 is 5.95. The minimum atomic E-state index is -0.368. The number of benzene rings is 2. The van der Waals surface area contributed by atoms with Gasteiger partial charge < -0.3 is 15.6 Å². The van der Waals surface area contributed by atoms with Crippen LogP contribution >= 0.6 is 11.6 Å². The fourth-order valence-electron chi connectivity index (χ4n) is 2.57. The number of aromatic nitrogens is 2. The smallest absolute Gasteiger partial charge is 0.253 e. The molecule has 2 aromatic carbocycles. The number of carbonyl (C=O) groups is 2. The van der Waals surface area contributed by atoms with E-state index in [1.165, 1.54) is 0 Å². The van der Waals surface area contributed by atoms with E-state index in [4.69, 9.17) is 11.6 Å². The zero-order valence-electron chi connectivity index (χ0n) is 14.1. The Morgan fingerprint density at radius 1 is 1.04 bits per heavy atom. The van der Waals surface area contributed by atoms with E-state index in [0.29, 0.717) is 17.1 Å². The molecule has 2 amide bonds. The average Bonchev–Trinajstić information content (AvgIpc) is 3.06. The summed E-state index contributed by atoms with van der Waals surface area (Å²) in [6.45, 7) is 0.423. The standard InChI is InChI=1S/C19H19ClN4O2/c20-14-7-2-1-6-13(14)19(26)22-12-18(25)21-11-5-10-17-23-15-8-3-4-9-16(15)24-17/h1-4,6-9H,5,10-12H2,(H,21,25)(H,22,26)(H,23,24). The molecule has 6 nitrogen and oxygen atoms in total. The number of hydrogen-bond donors (Lipinski definition) is 3. The first-order valence-corrected chi connectivity index (χ1v) is 8.74. The average molecular weight is 371 g/mol. The highest BCUT2D eigenvalue weighted by Gasteiger charge is 2.10. The summed E-state index contributed by atoms with van der Waals surface area (Å²) < 4.78 is 0. The van der Waals surface area contributed by atoms with Crippen LogP contribution in [0.2, 0.25) is 5.02 Å². The Bertz CT molecular complexity index is 890. The summed E-state index contributed by atoms with van der Waals surface area (Å²) in [5.74, 6) is 0.288. The number of aryl methyl sites for hydroxylation is 1. The van der Waals surface area contributed by atoms with Gasteiger partial charge in [0.15, 0.2) is 0 Å². The van der Waals surface area contributed by atoms with E-state index >= 15 is 0 Å². The molecule has 3 aromatic rings. The number of hydrogen-bond acceptors (Lipinski definition) is 3. The van der Waals surface area contributed by atoms with Crippen LogP contribution in [0, 0.1) is 0 Å². The molecule has 134 valence electrons. The lowest BCUT2D eigenvalue weighted by Gasteiger charge is -2.07. The molecule has 0 saturated carbocycles. The molecule has 0 atom stereocenters. The number of amides is 2. The normalized spacial score (nSPS) is 10.7. The second kappa shape index (κ2) is 8.49. The molecule has 3 N–H and O–H groups in total. The van der Waals surface area contributed by atoms with Crippen molar-refractivity contribution >= 4 is 34.4 Å². The van der Waals surface area contributed by atoms with Crippen LogP contribution in [0.5, 0.6) is 0 Å². The molecule has 0 radical (unpaired) electrons. The lowest BCUT2D eigenvalue weighted by molar-refractivity contribution is -0.120. The van der Waals surface area contributed by atoms with Crippen molar-refractivity contribution in [2.45, 2.75) is 12.8 Å². The first-order valence-electron chi connectivity index (χ1n) is 8.36. The first-order chi connectivity index (χ1) is 12.6. The van der Waals surface area contributed by atoms with Crippen LogP contribution in [-0.4, -0.2) is 34.9 Å². The highest BCUT2D eigenvalue weighted by Crippen LogP contribution is 2.14. The van der Waals surface area contributed by atoms with E-state index in [2.05, 4.69) is 20.6 Å². The van der Waals surface area contributed by atoms with E-state index in [9.17, 15) is 9.59 Å². The van der Waals surface area contributed by atoms with Gasteiger partial charge in [-0.2, -0.15) is 0 Å². The van der Waals surface area contributed by atoms with Crippen molar-refractivity contribution in [1.82, 2.24) is 20.6 Å². The number of fused-ring (bicyclic) bond motifs is 1. The highest BCUT2D eigenvalue weighted by molar-refractivity contribution is 6.33. The van der Waals surface area contributed by atoms with Gasteiger partial charge in [-0.3, -0.25) is 9.59 Å². The molecule has 0 spiro atoms. The molecule has 0 bridgehead atoms. The largest absolute Gasteiger partial charge is 0.355 e. The number of nitrogens with zero attached hydrogens (tertiary/aromatic N) is 1. The predicted octanol–water partition coefficient (Wildman–Crippen LogP) is 2.70. The number of rotatable bonds is 7. The van der Waals surface area contributed by atoms with Gasteiger partial charge in [-0.05, 0) is 30.7 Å². The van der Waals surface area contributed by atoms with Crippen molar-refractivity contribution < 1.29 is 9.59 Å². The third kappa shape index (κ3) is 4.61. The summed E-state index contributed by atoms with van der Waals surface area (Å²) in [7, 11) is 0. The van der Waals surface area contributed by atoms with Gasteiger partial charge in [0.25, 0.3) is 5.91 Å². The van der Waals surface area contributed by atoms with E-state index in [0.717, 1.165) is 29.7 Å². The van der Waals surface area contributed by atoms with Crippen molar-refractivity contribution in [2.75, 3.05) is 13.1 Å². The second-order valence-electron chi connectivity index (χ2n) is 5.82. The van der Waals surface area contributed by atoms with Crippen LogP contribution < -0.4 is 10.6 Å². The SMILES string of the molecule is O=C(CNC(=O)c1ccccc1Cl)NCCCc1nc2ccccc2[nH]1. The van der Waals surface area contributed by atoms with Gasteiger partial charge in [0, 0.05) is 13.0 Å². The summed E-state index contributed by atoms with van der Waals surface area (Å²) in [5.41, 5.74) is 2.30. The van der Waals surface area contributed by atoms with Crippen molar-refractivity contribution in [3.05, 3.63) is 64.9 Å². The summed E-state index contributed by atoms with van der Waals surface area (Å²) in [4.78, 5) is 31.6. The number of nitrogens with one attached hydrogen (secondary N) is 3. The van der Waals surface area contributed by atoms with Crippen LogP contribution in [0.3, 0.4) is 0 Å². The van der Waals surface area contributed by atoms with Gasteiger partial charge in [0.2, 0.25) is 5.91 Å². The maximum atomic E-state index is 12.0. The zero-order chi connectivity index (χ0) is 18.4. The number of halogens is 1.